The van der Waals surface area contributed by atoms with Crippen LogP contribution in [0.25, 0.3) is 88.8 Å². The average Bonchev–Trinajstić information content (AvgIpc) is 3.77. The van der Waals surface area contributed by atoms with Crippen LogP contribution < -0.4 is 0 Å². The number of aromatic nitrogens is 5. The molecule has 0 unspecified atom stereocenters. The summed E-state index contributed by atoms with van der Waals surface area (Å²) in [5.41, 5.74) is 10.7. The van der Waals surface area contributed by atoms with Crippen molar-refractivity contribution >= 4 is 54.4 Å². The summed E-state index contributed by atoms with van der Waals surface area (Å²) in [5.74, 6) is 1.87. The Labute approximate surface area is 325 Å². The van der Waals surface area contributed by atoms with E-state index in [9.17, 15) is 0 Å². The molecule has 0 saturated carbocycles. The molecule has 7 aromatic carbocycles. The zero-order chi connectivity index (χ0) is 37.8. The van der Waals surface area contributed by atoms with Crippen LogP contribution >= 0.6 is 0 Å². The fourth-order valence-corrected chi connectivity index (χ4v) is 9.48. The summed E-state index contributed by atoms with van der Waals surface area (Å²) in [7, 11) is 0. The molecule has 0 saturated heterocycles. The fourth-order valence-electron chi connectivity index (χ4n) is 9.48. The summed E-state index contributed by atoms with van der Waals surface area (Å²) >= 11 is 0. The Balaban J connectivity index is 1.32. The highest BCUT2D eigenvalue weighted by atomic mass is 15.2. The molecule has 3 heterocycles. The standard InChI is InChI=1S/C51H41N5/c1-50(2)29-30-51(3,4)40-31-34(27-28-39(40)50)55-41-25-15-13-23-37(41)43-35-21-11-12-22-36(35)45-44(46(43)55)38-24-14-16-26-42(38)56(45)49-53-47(32-17-7-5-8-18-32)52-48(54-49)33-19-9-6-10-20-33/h5-28,31H,29-30H2,1-4H3. The number of nitrogens with zero attached hydrogens (tertiary/aromatic N) is 5. The van der Waals surface area contributed by atoms with Crippen molar-refractivity contribution < 1.29 is 0 Å². The minimum absolute atomic E-state index is 0.0727. The number of rotatable bonds is 4. The molecule has 1 aliphatic carbocycles. The van der Waals surface area contributed by atoms with Gasteiger partial charge in [0, 0.05) is 43.7 Å². The molecule has 11 rings (SSSR count). The van der Waals surface area contributed by atoms with Crippen LogP contribution in [0.1, 0.15) is 51.7 Å². The largest absolute Gasteiger partial charge is 0.309 e. The Hall–Kier alpha value is -6.59. The van der Waals surface area contributed by atoms with Crippen LogP contribution in [-0.4, -0.2) is 24.1 Å². The monoisotopic (exact) mass is 723 g/mol. The summed E-state index contributed by atoms with van der Waals surface area (Å²) in [5, 5.41) is 7.21. The van der Waals surface area contributed by atoms with E-state index in [1.165, 1.54) is 55.8 Å². The average molecular weight is 724 g/mol. The minimum atomic E-state index is 0.0727. The molecule has 3 aromatic heterocycles. The van der Waals surface area contributed by atoms with Crippen LogP contribution in [0.3, 0.4) is 0 Å². The van der Waals surface area contributed by atoms with Gasteiger partial charge in [-0.3, -0.25) is 4.57 Å². The van der Waals surface area contributed by atoms with E-state index in [2.05, 4.69) is 152 Å². The van der Waals surface area contributed by atoms with Crippen molar-refractivity contribution in [2.24, 2.45) is 0 Å². The molecule has 5 heteroatoms. The smallest absolute Gasteiger partial charge is 0.238 e. The lowest BCUT2D eigenvalue weighted by atomic mass is 9.63. The van der Waals surface area contributed by atoms with E-state index in [4.69, 9.17) is 15.0 Å². The van der Waals surface area contributed by atoms with E-state index in [1.807, 2.05) is 36.4 Å². The van der Waals surface area contributed by atoms with Crippen LogP contribution in [-0.2, 0) is 10.8 Å². The maximum atomic E-state index is 5.29. The maximum Gasteiger partial charge on any atom is 0.238 e. The molecular formula is C51H41N5. The van der Waals surface area contributed by atoms with Gasteiger partial charge < -0.3 is 4.57 Å². The van der Waals surface area contributed by atoms with Crippen molar-refractivity contribution in [3.63, 3.8) is 0 Å². The normalized spacial score (nSPS) is 14.9. The molecule has 10 aromatic rings. The molecule has 0 bridgehead atoms. The summed E-state index contributed by atoms with van der Waals surface area (Å²) in [6.45, 7) is 9.63. The van der Waals surface area contributed by atoms with E-state index in [0.29, 0.717) is 17.6 Å². The Morgan fingerprint density at radius 3 is 1.55 bits per heavy atom. The zero-order valence-corrected chi connectivity index (χ0v) is 32.1. The van der Waals surface area contributed by atoms with Gasteiger partial charge in [0.25, 0.3) is 0 Å². The van der Waals surface area contributed by atoms with Crippen LogP contribution in [0.2, 0.25) is 0 Å². The quantitative estimate of drug-likeness (QED) is 0.182. The van der Waals surface area contributed by atoms with E-state index in [1.54, 1.807) is 0 Å². The second-order valence-corrected chi connectivity index (χ2v) is 16.7. The number of hydrogen-bond acceptors (Lipinski definition) is 3. The van der Waals surface area contributed by atoms with Gasteiger partial charge in [0.15, 0.2) is 11.6 Å². The van der Waals surface area contributed by atoms with Crippen molar-refractivity contribution in [2.45, 2.75) is 51.4 Å². The maximum absolute atomic E-state index is 5.29. The number of hydrogen-bond donors (Lipinski definition) is 0. The van der Waals surface area contributed by atoms with Gasteiger partial charge in [0.1, 0.15) is 0 Å². The summed E-state index contributed by atoms with van der Waals surface area (Å²) < 4.78 is 4.82. The first-order chi connectivity index (χ1) is 27.3. The van der Waals surface area contributed by atoms with Crippen LogP contribution in [0, 0.1) is 0 Å². The third-order valence-electron chi connectivity index (χ3n) is 12.4. The van der Waals surface area contributed by atoms with Crippen molar-refractivity contribution in [2.75, 3.05) is 0 Å². The molecule has 0 spiro atoms. The van der Waals surface area contributed by atoms with Gasteiger partial charge in [-0.05, 0) is 64.5 Å². The molecule has 270 valence electrons. The highest BCUT2D eigenvalue weighted by Crippen LogP contribution is 2.49. The molecule has 0 fully saturated rings. The summed E-state index contributed by atoms with van der Waals surface area (Å²) in [6.07, 6.45) is 2.34. The van der Waals surface area contributed by atoms with Crippen LogP contribution in [0.4, 0.5) is 0 Å². The minimum Gasteiger partial charge on any atom is -0.309 e. The molecule has 0 N–H and O–H groups in total. The lowest BCUT2D eigenvalue weighted by Crippen LogP contribution is -2.33. The zero-order valence-electron chi connectivity index (χ0n) is 32.1. The second kappa shape index (κ2) is 12.0. The van der Waals surface area contributed by atoms with E-state index in [0.717, 1.165) is 39.4 Å². The molecule has 0 amide bonds. The first-order valence-electron chi connectivity index (χ1n) is 19.7. The predicted octanol–water partition coefficient (Wildman–Crippen LogP) is 12.9. The Bertz CT molecular complexity index is 3130. The Kier molecular flexibility index (Phi) is 7.00. The topological polar surface area (TPSA) is 48.5 Å². The van der Waals surface area contributed by atoms with E-state index in [-0.39, 0.29) is 10.8 Å². The molecule has 0 aliphatic heterocycles. The second-order valence-electron chi connectivity index (χ2n) is 16.7. The molecule has 1 aliphatic rings. The highest BCUT2D eigenvalue weighted by molar-refractivity contribution is 6.36. The number of para-hydroxylation sites is 2. The fraction of sp³-hybridized carbons (Fsp3) is 0.157. The lowest BCUT2D eigenvalue weighted by Gasteiger charge is -2.42. The third-order valence-corrected chi connectivity index (χ3v) is 12.4. The number of fused-ring (bicyclic) bond motifs is 11. The molecule has 0 atom stereocenters. The van der Waals surface area contributed by atoms with Crippen molar-refractivity contribution in [3.8, 4) is 34.4 Å². The molecule has 5 nitrogen and oxygen atoms in total. The Morgan fingerprint density at radius 2 is 0.929 bits per heavy atom. The van der Waals surface area contributed by atoms with Crippen molar-refractivity contribution in [1.29, 1.82) is 0 Å². The van der Waals surface area contributed by atoms with Gasteiger partial charge in [-0.25, -0.2) is 4.98 Å². The van der Waals surface area contributed by atoms with Gasteiger partial charge in [0.2, 0.25) is 5.95 Å². The van der Waals surface area contributed by atoms with Gasteiger partial charge >= 0.3 is 0 Å². The van der Waals surface area contributed by atoms with Crippen molar-refractivity contribution in [1.82, 2.24) is 24.1 Å². The first kappa shape index (κ1) is 32.8. The van der Waals surface area contributed by atoms with Gasteiger partial charge in [-0.2, -0.15) is 9.97 Å². The molecular weight excluding hydrogens is 683 g/mol. The summed E-state index contributed by atoms with van der Waals surface area (Å²) in [4.78, 5) is 15.6. The SMILES string of the molecule is CC1(C)CCC(C)(C)c2cc(-n3c4ccccc4c4c5ccccc5c5c(c6ccccc6n5-c5nc(-c6ccccc6)nc(-c6ccccc6)n5)c43)ccc21. The van der Waals surface area contributed by atoms with Crippen LogP contribution in [0.15, 0.2) is 152 Å². The van der Waals surface area contributed by atoms with Crippen LogP contribution in [0.5, 0.6) is 0 Å². The van der Waals surface area contributed by atoms with E-state index >= 15 is 0 Å². The molecule has 56 heavy (non-hydrogen) atoms. The third kappa shape index (κ3) is 4.76. The number of benzene rings is 7. The van der Waals surface area contributed by atoms with Gasteiger partial charge in [-0.15, -0.1) is 0 Å². The van der Waals surface area contributed by atoms with Gasteiger partial charge in [-0.1, -0.05) is 155 Å². The predicted molar refractivity (Wildman–Crippen MR) is 232 cm³/mol. The van der Waals surface area contributed by atoms with Crippen molar-refractivity contribution in [3.05, 3.63) is 163 Å². The highest BCUT2D eigenvalue weighted by Gasteiger charge is 2.37. The van der Waals surface area contributed by atoms with Gasteiger partial charge in [0.05, 0.1) is 22.1 Å². The van der Waals surface area contributed by atoms with E-state index < -0.39 is 0 Å². The first-order valence-corrected chi connectivity index (χ1v) is 19.7. The molecule has 0 radical (unpaired) electrons. The Morgan fingerprint density at radius 1 is 0.429 bits per heavy atom. The summed E-state index contributed by atoms with van der Waals surface area (Å²) in [6, 6.07) is 54.3. The lowest BCUT2D eigenvalue weighted by molar-refractivity contribution is 0.332.